The first-order valence-corrected chi connectivity index (χ1v) is 7.01. The summed E-state index contributed by atoms with van der Waals surface area (Å²) < 4.78 is 13.8. The summed E-state index contributed by atoms with van der Waals surface area (Å²) in [4.78, 5) is 4.46. The van der Waals surface area contributed by atoms with Crippen LogP contribution in [0, 0.1) is 5.82 Å². The first-order chi connectivity index (χ1) is 8.61. The molecule has 1 unspecified atom stereocenters. The maximum atomic E-state index is 13.8. The Bertz CT molecular complexity index is 542. The van der Waals surface area contributed by atoms with Crippen LogP contribution in [-0.4, -0.2) is 11.5 Å². The molecule has 0 spiro atoms. The smallest absolute Gasteiger partial charge is 0.134 e. The van der Waals surface area contributed by atoms with Gasteiger partial charge in [0.1, 0.15) is 10.8 Å². The molecule has 0 aliphatic carbocycles. The SMILES string of the molecule is CCNC(C)c1csc(-c2ccc(Cl)cc2F)n1. The molecule has 1 aromatic heterocycles. The highest BCUT2D eigenvalue weighted by atomic mass is 35.5. The Balaban J connectivity index is 2.29. The van der Waals surface area contributed by atoms with E-state index in [4.69, 9.17) is 11.6 Å². The highest BCUT2D eigenvalue weighted by molar-refractivity contribution is 7.13. The van der Waals surface area contributed by atoms with Gasteiger partial charge in [0.05, 0.1) is 5.69 Å². The van der Waals surface area contributed by atoms with Gasteiger partial charge >= 0.3 is 0 Å². The number of benzene rings is 1. The first-order valence-electron chi connectivity index (χ1n) is 5.76. The van der Waals surface area contributed by atoms with Crippen molar-refractivity contribution in [3.05, 3.63) is 40.1 Å². The average molecular weight is 285 g/mol. The lowest BCUT2D eigenvalue weighted by atomic mass is 10.2. The molecule has 0 fully saturated rings. The molecule has 1 heterocycles. The van der Waals surface area contributed by atoms with Gasteiger partial charge in [0.2, 0.25) is 0 Å². The molecule has 0 saturated heterocycles. The monoisotopic (exact) mass is 284 g/mol. The second-order valence-corrected chi connectivity index (χ2v) is 5.28. The van der Waals surface area contributed by atoms with E-state index >= 15 is 0 Å². The minimum Gasteiger partial charge on any atom is -0.309 e. The highest BCUT2D eigenvalue weighted by Crippen LogP contribution is 2.29. The molecule has 0 aliphatic heterocycles. The van der Waals surface area contributed by atoms with E-state index in [-0.39, 0.29) is 11.9 Å². The molecule has 0 aliphatic rings. The van der Waals surface area contributed by atoms with Crippen LogP contribution in [-0.2, 0) is 0 Å². The lowest BCUT2D eigenvalue weighted by Gasteiger charge is -2.08. The minimum absolute atomic E-state index is 0.176. The largest absolute Gasteiger partial charge is 0.309 e. The van der Waals surface area contributed by atoms with Gasteiger partial charge in [0, 0.05) is 22.0 Å². The third-order valence-corrected chi connectivity index (χ3v) is 3.77. The molecule has 0 saturated carbocycles. The zero-order valence-corrected chi connectivity index (χ0v) is 11.8. The Morgan fingerprint density at radius 2 is 2.28 bits per heavy atom. The van der Waals surface area contributed by atoms with Crippen LogP contribution in [0.25, 0.3) is 10.6 Å². The van der Waals surface area contributed by atoms with Crippen LogP contribution in [0.3, 0.4) is 0 Å². The quantitative estimate of drug-likeness (QED) is 0.907. The zero-order chi connectivity index (χ0) is 13.1. The van der Waals surface area contributed by atoms with Crippen molar-refractivity contribution >= 4 is 22.9 Å². The van der Waals surface area contributed by atoms with Crippen molar-refractivity contribution in [2.75, 3.05) is 6.54 Å². The molecular formula is C13H14ClFN2S. The number of rotatable bonds is 4. The van der Waals surface area contributed by atoms with Gasteiger partial charge in [-0.05, 0) is 31.7 Å². The molecule has 0 radical (unpaired) electrons. The number of hydrogen-bond donors (Lipinski definition) is 1. The molecule has 1 atom stereocenters. The summed E-state index contributed by atoms with van der Waals surface area (Å²) >= 11 is 7.18. The molecule has 0 bridgehead atoms. The van der Waals surface area contributed by atoms with Gasteiger partial charge in [-0.2, -0.15) is 0 Å². The summed E-state index contributed by atoms with van der Waals surface area (Å²) in [6.45, 7) is 4.96. The van der Waals surface area contributed by atoms with Gasteiger partial charge in [-0.3, -0.25) is 0 Å². The van der Waals surface area contributed by atoms with Crippen LogP contribution in [0.4, 0.5) is 4.39 Å². The molecule has 5 heteroatoms. The zero-order valence-electron chi connectivity index (χ0n) is 10.2. The number of nitrogens with one attached hydrogen (secondary N) is 1. The molecule has 18 heavy (non-hydrogen) atoms. The average Bonchev–Trinajstić information content (AvgIpc) is 2.78. The Kier molecular flexibility index (Phi) is 4.32. The highest BCUT2D eigenvalue weighted by Gasteiger charge is 2.13. The van der Waals surface area contributed by atoms with Crippen molar-refractivity contribution in [2.24, 2.45) is 0 Å². The van der Waals surface area contributed by atoms with Crippen molar-refractivity contribution in [3.63, 3.8) is 0 Å². The van der Waals surface area contributed by atoms with Gasteiger partial charge in [0.15, 0.2) is 0 Å². The molecule has 1 aromatic carbocycles. The molecule has 1 N–H and O–H groups in total. The number of halogens is 2. The molecule has 0 amide bonds. The topological polar surface area (TPSA) is 24.9 Å². The number of thiazole rings is 1. The van der Waals surface area contributed by atoms with Gasteiger partial charge < -0.3 is 5.32 Å². The fraction of sp³-hybridized carbons (Fsp3) is 0.308. The number of aromatic nitrogens is 1. The van der Waals surface area contributed by atoms with Crippen molar-refractivity contribution in [1.82, 2.24) is 10.3 Å². The Morgan fingerprint density at radius 3 is 2.94 bits per heavy atom. The van der Waals surface area contributed by atoms with E-state index in [9.17, 15) is 4.39 Å². The van der Waals surface area contributed by atoms with Crippen LogP contribution >= 0.6 is 22.9 Å². The van der Waals surface area contributed by atoms with Crippen molar-refractivity contribution in [2.45, 2.75) is 19.9 Å². The second-order valence-electron chi connectivity index (χ2n) is 3.98. The summed E-state index contributed by atoms with van der Waals surface area (Å²) in [6, 6.07) is 4.83. The summed E-state index contributed by atoms with van der Waals surface area (Å²) in [7, 11) is 0. The Labute approximate surface area is 115 Å². The summed E-state index contributed by atoms with van der Waals surface area (Å²) in [6.07, 6.45) is 0. The predicted octanol–water partition coefficient (Wildman–Crippen LogP) is 4.27. The van der Waals surface area contributed by atoms with Crippen molar-refractivity contribution in [3.8, 4) is 10.6 Å². The van der Waals surface area contributed by atoms with E-state index in [0.717, 1.165) is 12.2 Å². The van der Waals surface area contributed by atoms with Crippen LogP contribution in [0.1, 0.15) is 25.6 Å². The normalized spacial score (nSPS) is 12.7. The fourth-order valence-electron chi connectivity index (χ4n) is 1.68. The third-order valence-electron chi connectivity index (χ3n) is 2.64. The van der Waals surface area contributed by atoms with Gasteiger partial charge in [0.25, 0.3) is 0 Å². The molecule has 2 nitrogen and oxygen atoms in total. The van der Waals surface area contributed by atoms with E-state index in [1.807, 2.05) is 19.2 Å². The van der Waals surface area contributed by atoms with E-state index in [1.165, 1.54) is 17.4 Å². The summed E-state index contributed by atoms with van der Waals surface area (Å²) in [5, 5.41) is 6.32. The summed E-state index contributed by atoms with van der Waals surface area (Å²) in [5.74, 6) is -0.334. The predicted molar refractivity (Wildman–Crippen MR) is 74.6 cm³/mol. The maximum absolute atomic E-state index is 13.8. The third kappa shape index (κ3) is 2.88. The Hall–Kier alpha value is -0.970. The summed E-state index contributed by atoms with van der Waals surface area (Å²) in [5.41, 5.74) is 1.44. The lowest BCUT2D eigenvalue weighted by molar-refractivity contribution is 0.586. The van der Waals surface area contributed by atoms with E-state index in [0.29, 0.717) is 15.6 Å². The van der Waals surface area contributed by atoms with Crippen LogP contribution in [0.15, 0.2) is 23.6 Å². The van der Waals surface area contributed by atoms with Gasteiger partial charge in [-0.25, -0.2) is 9.37 Å². The molecule has 2 rings (SSSR count). The number of hydrogen-bond acceptors (Lipinski definition) is 3. The van der Waals surface area contributed by atoms with Gasteiger partial charge in [-0.1, -0.05) is 18.5 Å². The Morgan fingerprint density at radius 1 is 1.50 bits per heavy atom. The minimum atomic E-state index is -0.334. The van der Waals surface area contributed by atoms with Crippen LogP contribution < -0.4 is 5.32 Å². The molecule has 96 valence electrons. The van der Waals surface area contributed by atoms with Crippen molar-refractivity contribution in [1.29, 1.82) is 0 Å². The van der Waals surface area contributed by atoms with E-state index in [1.54, 1.807) is 12.1 Å². The van der Waals surface area contributed by atoms with Gasteiger partial charge in [-0.15, -0.1) is 11.3 Å². The van der Waals surface area contributed by atoms with E-state index in [2.05, 4.69) is 10.3 Å². The lowest BCUT2D eigenvalue weighted by Crippen LogP contribution is -2.17. The fourth-order valence-corrected chi connectivity index (χ4v) is 2.78. The van der Waals surface area contributed by atoms with Crippen LogP contribution in [0.2, 0.25) is 5.02 Å². The van der Waals surface area contributed by atoms with Crippen LogP contribution in [0.5, 0.6) is 0 Å². The standard InChI is InChI=1S/C13H14ClFN2S/c1-3-16-8(2)12-7-18-13(17-12)10-5-4-9(14)6-11(10)15/h4-8,16H,3H2,1-2H3. The first kappa shape index (κ1) is 13.5. The maximum Gasteiger partial charge on any atom is 0.134 e. The molecule has 2 aromatic rings. The van der Waals surface area contributed by atoms with E-state index < -0.39 is 0 Å². The number of nitrogens with zero attached hydrogens (tertiary/aromatic N) is 1. The second kappa shape index (κ2) is 5.78. The van der Waals surface area contributed by atoms with Crippen molar-refractivity contribution < 1.29 is 4.39 Å². The molecular weight excluding hydrogens is 271 g/mol.